The number of benzene rings is 1. The van der Waals surface area contributed by atoms with E-state index in [1.165, 1.54) is 5.56 Å². The van der Waals surface area contributed by atoms with Crippen LogP contribution in [0, 0.1) is 5.41 Å². The molecule has 0 amide bonds. The molecular formula is C15H22N2OS. The Labute approximate surface area is 119 Å². The van der Waals surface area contributed by atoms with Gasteiger partial charge in [-0.15, -0.1) is 0 Å². The number of aliphatic imine (C=N–C) groups is 1. The van der Waals surface area contributed by atoms with E-state index in [4.69, 9.17) is 4.74 Å². The highest BCUT2D eigenvalue weighted by Crippen LogP contribution is 2.26. The molecule has 1 heterocycles. The Morgan fingerprint density at radius 1 is 1.42 bits per heavy atom. The molecule has 0 saturated heterocycles. The number of methoxy groups -OCH3 is 1. The van der Waals surface area contributed by atoms with Crippen LogP contribution in [-0.4, -0.2) is 31.1 Å². The average molecular weight is 278 g/mol. The van der Waals surface area contributed by atoms with Gasteiger partial charge in [0.2, 0.25) is 0 Å². The van der Waals surface area contributed by atoms with E-state index in [0.717, 1.165) is 36.2 Å². The summed E-state index contributed by atoms with van der Waals surface area (Å²) in [4.78, 5) is 4.59. The Hall–Kier alpha value is -1.16. The molecule has 4 heteroatoms. The van der Waals surface area contributed by atoms with Crippen molar-refractivity contribution in [3.63, 3.8) is 0 Å². The van der Waals surface area contributed by atoms with Crippen LogP contribution in [0.3, 0.4) is 0 Å². The Bertz CT molecular complexity index is 457. The van der Waals surface area contributed by atoms with E-state index < -0.39 is 0 Å². The highest BCUT2D eigenvalue weighted by molar-refractivity contribution is 8.13. The number of hydrogen-bond acceptors (Lipinski definition) is 4. The summed E-state index contributed by atoms with van der Waals surface area (Å²) in [5.74, 6) is 2.06. The maximum atomic E-state index is 5.23. The van der Waals surface area contributed by atoms with E-state index in [1.807, 2.05) is 23.9 Å². The van der Waals surface area contributed by atoms with Crippen LogP contribution in [0.15, 0.2) is 29.3 Å². The summed E-state index contributed by atoms with van der Waals surface area (Å²) in [6.07, 6.45) is 0.986. The van der Waals surface area contributed by atoms with Crippen molar-refractivity contribution in [3.05, 3.63) is 29.8 Å². The van der Waals surface area contributed by atoms with Crippen LogP contribution < -0.4 is 10.1 Å². The van der Waals surface area contributed by atoms with Crippen molar-refractivity contribution < 1.29 is 4.74 Å². The number of rotatable bonds is 4. The first kappa shape index (κ1) is 14.3. The fourth-order valence-corrected chi connectivity index (χ4v) is 2.87. The third-order valence-electron chi connectivity index (χ3n) is 3.07. The minimum Gasteiger partial charge on any atom is -0.497 e. The average Bonchev–Trinajstić information content (AvgIpc) is 2.41. The van der Waals surface area contributed by atoms with Crippen molar-refractivity contribution in [2.75, 3.05) is 26.0 Å². The standard InChI is InChI=1S/C15H22N2OS/c1-15(2)10-17-14(19-11-15)16-8-7-12-5-4-6-13(9-12)18-3/h4-6,9H,7-8,10-11H2,1-3H3,(H,16,17). The number of ether oxygens (including phenoxy) is 1. The lowest BCUT2D eigenvalue weighted by Gasteiger charge is -2.27. The van der Waals surface area contributed by atoms with E-state index >= 15 is 0 Å². The van der Waals surface area contributed by atoms with Crippen LogP contribution in [0.2, 0.25) is 0 Å². The van der Waals surface area contributed by atoms with Crippen molar-refractivity contribution in [2.45, 2.75) is 20.3 Å². The molecule has 0 spiro atoms. The molecule has 0 fully saturated rings. The Morgan fingerprint density at radius 2 is 2.26 bits per heavy atom. The summed E-state index contributed by atoms with van der Waals surface area (Å²) in [5.41, 5.74) is 1.62. The van der Waals surface area contributed by atoms with Gasteiger partial charge in [0, 0.05) is 18.8 Å². The van der Waals surface area contributed by atoms with Gasteiger partial charge in [0.1, 0.15) is 5.75 Å². The summed E-state index contributed by atoms with van der Waals surface area (Å²) in [5, 5.41) is 4.50. The minimum atomic E-state index is 0.336. The third-order valence-corrected chi connectivity index (χ3v) is 4.55. The molecule has 1 N–H and O–H groups in total. The maximum Gasteiger partial charge on any atom is 0.156 e. The quantitative estimate of drug-likeness (QED) is 0.919. The zero-order valence-electron chi connectivity index (χ0n) is 11.9. The van der Waals surface area contributed by atoms with E-state index in [9.17, 15) is 0 Å². The molecule has 0 saturated carbocycles. The van der Waals surface area contributed by atoms with Crippen molar-refractivity contribution in [1.82, 2.24) is 5.32 Å². The van der Waals surface area contributed by atoms with E-state index in [1.54, 1.807) is 7.11 Å². The Morgan fingerprint density at radius 3 is 2.95 bits per heavy atom. The zero-order chi connectivity index (χ0) is 13.7. The Balaban J connectivity index is 1.79. The molecule has 19 heavy (non-hydrogen) atoms. The molecule has 3 nitrogen and oxygen atoms in total. The molecule has 0 unspecified atom stereocenters. The van der Waals surface area contributed by atoms with Crippen LogP contribution in [0.1, 0.15) is 19.4 Å². The number of nitrogens with zero attached hydrogens (tertiary/aromatic N) is 1. The molecule has 1 aliphatic rings. The van der Waals surface area contributed by atoms with Gasteiger partial charge in [-0.25, -0.2) is 0 Å². The van der Waals surface area contributed by atoms with Gasteiger partial charge in [-0.05, 0) is 29.5 Å². The second-order valence-electron chi connectivity index (χ2n) is 5.60. The van der Waals surface area contributed by atoms with Crippen LogP contribution in [0.25, 0.3) is 0 Å². The molecule has 0 atom stereocenters. The van der Waals surface area contributed by atoms with Gasteiger partial charge in [-0.3, -0.25) is 4.99 Å². The number of thioether (sulfide) groups is 1. The molecule has 0 radical (unpaired) electrons. The number of nitrogens with one attached hydrogen (secondary N) is 1. The van der Waals surface area contributed by atoms with Crippen LogP contribution >= 0.6 is 11.8 Å². The van der Waals surface area contributed by atoms with Crippen molar-refractivity contribution >= 4 is 16.9 Å². The fraction of sp³-hybridized carbons (Fsp3) is 0.533. The monoisotopic (exact) mass is 278 g/mol. The Kier molecular flexibility index (Phi) is 4.75. The van der Waals surface area contributed by atoms with E-state index in [0.29, 0.717) is 5.41 Å². The van der Waals surface area contributed by atoms with Gasteiger partial charge < -0.3 is 10.1 Å². The van der Waals surface area contributed by atoms with Crippen LogP contribution in [-0.2, 0) is 6.42 Å². The van der Waals surface area contributed by atoms with Gasteiger partial charge in [-0.2, -0.15) is 0 Å². The van der Waals surface area contributed by atoms with Gasteiger partial charge in [0.05, 0.1) is 7.11 Å². The molecule has 0 bridgehead atoms. The van der Waals surface area contributed by atoms with Gasteiger partial charge in [-0.1, -0.05) is 37.7 Å². The van der Waals surface area contributed by atoms with Gasteiger partial charge in [0.25, 0.3) is 0 Å². The first-order chi connectivity index (χ1) is 9.09. The highest BCUT2D eigenvalue weighted by atomic mass is 32.2. The first-order valence-corrected chi connectivity index (χ1v) is 7.62. The van der Waals surface area contributed by atoms with Crippen molar-refractivity contribution in [2.24, 2.45) is 10.4 Å². The fourth-order valence-electron chi connectivity index (χ4n) is 1.89. The summed E-state index contributed by atoms with van der Waals surface area (Å²) < 4.78 is 5.23. The second kappa shape index (κ2) is 6.33. The first-order valence-electron chi connectivity index (χ1n) is 6.63. The molecule has 1 aromatic rings. The van der Waals surface area contributed by atoms with E-state index in [-0.39, 0.29) is 0 Å². The maximum absolute atomic E-state index is 5.23. The van der Waals surface area contributed by atoms with Gasteiger partial charge >= 0.3 is 0 Å². The SMILES string of the molecule is COc1cccc(CCNC2=NCC(C)(C)CS2)c1. The third kappa shape index (κ3) is 4.46. The molecular weight excluding hydrogens is 256 g/mol. The molecule has 1 aliphatic heterocycles. The topological polar surface area (TPSA) is 33.6 Å². The lowest BCUT2D eigenvalue weighted by molar-refractivity contribution is 0.414. The predicted molar refractivity (Wildman–Crippen MR) is 83.2 cm³/mol. The smallest absolute Gasteiger partial charge is 0.156 e. The zero-order valence-corrected chi connectivity index (χ0v) is 12.7. The summed E-state index contributed by atoms with van der Waals surface area (Å²) in [6, 6.07) is 8.22. The summed E-state index contributed by atoms with van der Waals surface area (Å²) >= 11 is 1.83. The normalized spacial score (nSPS) is 17.7. The van der Waals surface area contributed by atoms with Crippen LogP contribution in [0.4, 0.5) is 0 Å². The highest BCUT2D eigenvalue weighted by Gasteiger charge is 2.22. The lowest BCUT2D eigenvalue weighted by Crippen LogP contribution is -2.32. The molecule has 104 valence electrons. The predicted octanol–water partition coefficient (Wildman–Crippen LogP) is 2.96. The summed E-state index contributed by atoms with van der Waals surface area (Å²) in [7, 11) is 1.70. The molecule has 0 aliphatic carbocycles. The van der Waals surface area contributed by atoms with Crippen molar-refractivity contribution in [1.29, 1.82) is 0 Å². The summed E-state index contributed by atoms with van der Waals surface area (Å²) in [6.45, 7) is 6.36. The minimum absolute atomic E-state index is 0.336. The number of amidine groups is 1. The molecule has 2 rings (SSSR count). The lowest BCUT2D eigenvalue weighted by atomic mass is 9.97. The molecule has 1 aromatic carbocycles. The van der Waals surface area contributed by atoms with E-state index in [2.05, 4.69) is 36.3 Å². The second-order valence-corrected chi connectivity index (χ2v) is 6.57. The van der Waals surface area contributed by atoms with Crippen molar-refractivity contribution in [3.8, 4) is 5.75 Å². The molecule has 0 aromatic heterocycles. The largest absolute Gasteiger partial charge is 0.497 e. The van der Waals surface area contributed by atoms with Crippen LogP contribution in [0.5, 0.6) is 5.75 Å². The van der Waals surface area contributed by atoms with Gasteiger partial charge in [0.15, 0.2) is 5.17 Å². The number of hydrogen-bond donors (Lipinski definition) is 1.